The second kappa shape index (κ2) is 8.45. The lowest BCUT2D eigenvalue weighted by atomic mass is 10.1. The predicted octanol–water partition coefficient (Wildman–Crippen LogP) is 3.12. The molecule has 0 N–H and O–H groups in total. The number of piperazine rings is 1. The van der Waals surface area contributed by atoms with Crippen LogP contribution in [0.25, 0.3) is 6.08 Å². The largest absolute Gasteiger partial charge is 0.334 e. The molecule has 136 valence electrons. The van der Waals surface area contributed by atoms with Crippen molar-refractivity contribution in [2.45, 2.75) is 38.3 Å². The molecule has 7 heteroatoms. The monoisotopic (exact) mass is 365 g/mol. The molecule has 25 heavy (non-hydrogen) atoms. The van der Waals surface area contributed by atoms with Gasteiger partial charge in [0.15, 0.2) is 0 Å². The number of nitrogens with zero attached hydrogens (tertiary/aromatic N) is 3. The van der Waals surface area contributed by atoms with Crippen LogP contribution in [-0.2, 0) is 4.79 Å². The number of para-hydroxylation sites is 1. The van der Waals surface area contributed by atoms with Crippen LogP contribution >= 0.6 is 12.4 Å². The lowest BCUT2D eigenvalue weighted by molar-refractivity contribution is -0.385. The number of likely N-dealkylation sites (tertiary alicyclic amines) is 1. The van der Waals surface area contributed by atoms with Crippen molar-refractivity contribution in [3.8, 4) is 0 Å². The van der Waals surface area contributed by atoms with E-state index >= 15 is 0 Å². The third-order valence-corrected chi connectivity index (χ3v) is 4.94. The minimum atomic E-state index is -0.352. The predicted molar refractivity (Wildman–Crippen MR) is 99.8 cm³/mol. The highest BCUT2D eigenvalue weighted by atomic mass is 35.5. The summed E-state index contributed by atoms with van der Waals surface area (Å²) in [4.78, 5) is 27.2. The van der Waals surface area contributed by atoms with Gasteiger partial charge in [-0.2, -0.15) is 0 Å². The molecule has 0 saturated carbocycles. The Hall–Kier alpha value is -1.92. The molecular formula is C18H24ClN3O3. The third kappa shape index (κ3) is 4.19. The molecule has 2 fully saturated rings. The van der Waals surface area contributed by atoms with Gasteiger partial charge in [0.05, 0.1) is 10.5 Å². The molecule has 2 aliphatic rings. The molecule has 3 rings (SSSR count). The van der Waals surface area contributed by atoms with Gasteiger partial charge >= 0.3 is 0 Å². The lowest BCUT2D eigenvalue weighted by Gasteiger charge is -2.40. The van der Waals surface area contributed by atoms with E-state index in [1.165, 1.54) is 6.07 Å². The maximum absolute atomic E-state index is 12.1. The first-order chi connectivity index (χ1) is 11.6. The van der Waals surface area contributed by atoms with Crippen molar-refractivity contribution in [2.75, 3.05) is 19.6 Å². The average molecular weight is 366 g/mol. The van der Waals surface area contributed by atoms with E-state index in [0.29, 0.717) is 24.1 Å². The summed E-state index contributed by atoms with van der Waals surface area (Å²) in [6.45, 7) is 4.46. The van der Waals surface area contributed by atoms with E-state index in [2.05, 4.69) is 9.80 Å². The molecule has 2 heterocycles. The molecule has 0 spiro atoms. The fraction of sp³-hybridized carbons (Fsp3) is 0.500. The van der Waals surface area contributed by atoms with Crippen molar-refractivity contribution >= 4 is 30.1 Å². The summed E-state index contributed by atoms with van der Waals surface area (Å²) in [5.74, 6) is 0.262. The Morgan fingerprint density at radius 1 is 1.28 bits per heavy atom. The van der Waals surface area contributed by atoms with Crippen molar-refractivity contribution in [1.29, 1.82) is 0 Å². The normalized spacial score (nSPS) is 22.8. The van der Waals surface area contributed by atoms with Gasteiger partial charge in [-0.05, 0) is 18.9 Å². The number of rotatable bonds is 5. The summed E-state index contributed by atoms with van der Waals surface area (Å²) in [6, 6.07) is 7.43. The molecule has 0 aliphatic carbocycles. The summed E-state index contributed by atoms with van der Waals surface area (Å²) in [7, 11) is 0. The Morgan fingerprint density at radius 2 is 1.92 bits per heavy atom. The molecule has 2 atom stereocenters. The van der Waals surface area contributed by atoms with Crippen molar-refractivity contribution in [3.63, 3.8) is 0 Å². The van der Waals surface area contributed by atoms with Crippen LogP contribution in [0.3, 0.4) is 0 Å². The van der Waals surface area contributed by atoms with E-state index in [9.17, 15) is 14.9 Å². The fourth-order valence-electron chi connectivity index (χ4n) is 3.85. The first kappa shape index (κ1) is 19.4. The van der Waals surface area contributed by atoms with Gasteiger partial charge in [0.25, 0.3) is 5.69 Å². The van der Waals surface area contributed by atoms with Crippen molar-refractivity contribution < 1.29 is 9.72 Å². The molecule has 1 amide bonds. The van der Waals surface area contributed by atoms with Gasteiger partial charge in [-0.3, -0.25) is 19.8 Å². The number of amides is 1. The SMILES string of the molecule is CCC(=O)N1C2CCC1CN(C/C=C/c1ccccc1[N+](=O)[O-])C2.Cl. The van der Waals surface area contributed by atoms with Crippen LogP contribution in [0, 0.1) is 10.1 Å². The Bertz CT molecular complexity index is 651. The maximum Gasteiger partial charge on any atom is 0.276 e. The Balaban J connectivity index is 0.00000225. The number of carbonyl (C=O) groups is 1. The van der Waals surface area contributed by atoms with Crippen LogP contribution in [0.4, 0.5) is 5.69 Å². The molecule has 2 aliphatic heterocycles. The number of nitro benzene ring substituents is 1. The maximum atomic E-state index is 12.1. The van der Waals surface area contributed by atoms with E-state index < -0.39 is 0 Å². The van der Waals surface area contributed by atoms with Crippen molar-refractivity contribution in [3.05, 3.63) is 46.0 Å². The number of nitro groups is 1. The summed E-state index contributed by atoms with van der Waals surface area (Å²) < 4.78 is 0. The van der Waals surface area contributed by atoms with Crippen LogP contribution in [0.2, 0.25) is 0 Å². The molecule has 0 aromatic heterocycles. The Morgan fingerprint density at radius 3 is 2.52 bits per heavy atom. The van der Waals surface area contributed by atoms with Crippen LogP contribution in [0.1, 0.15) is 31.7 Å². The number of benzene rings is 1. The average Bonchev–Trinajstić information content (AvgIpc) is 2.85. The zero-order chi connectivity index (χ0) is 17.1. The smallest absolute Gasteiger partial charge is 0.276 e. The van der Waals surface area contributed by atoms with Gasteiger partial charge in [0, 0.05) is 44.2 Å². The van der Waals surface area contributed by atoms with E-state index in [0.717, 1.165) is 32.5 Å². The van der Waals surface area contributed by atoms with Crippen molar-refractivity contribution in [2.24, 2.45) is 0 Å². The van der Waals surface area contributed by atoms with Gasteiger partial charge < -0.3 is 4.90 Å². The van der Waals surface area contributed by atoms with E-state index in [4.69, 9.17) is 0 Å². The molecule has 2 unspecified atom stereocenters. The number of halogens is 1. The number of hydrogen-bond donors (Lipinski definition) is 0. The zero-order valence-electron chi connectivity index (χ0n) is 14.3. The zero-order valence-corrected chi connectivity index (χ0v) is 15.2. The topological polar surface area (TPSA) is 66.7 Å². The van der Waals surface area contributed by atoms with Crippen LogP contribution < -0.4 is 0 Å². The summed E-state index contributed by atoms with van der Waals surface area (Å²) in [5.41, 5.74) is 0.762. The standard InChI is InChI=1S/C18H23N3O3.ClH/c1-2-18(22)20-15-9-10-16(20)13-19(12-15)11-5-7-14-6-3-4-8-17(14)21(23)24;/h3-8,15-16H,2,9-13H2,1H3;1H/b7-5+;. The quantitative estimate of drug-likeness (QED) is 0.594. The molecule has 2 saturated heterocycles. The molecule has 0 radical (unpaired) electrons. The van der Waals surface area contributed by atoms with Crippen molar-refractivity contribution in [1.82, 2.24) is 9.80 Å². The summed E-state index contributed by atoms with van der Waals surface area (Å²) in [6.07, 6.45) is 6.55. The van der Waals surface area contributed by atoms with Gasteiger partial charge in [-0.15, -0.1) is 12.4 Å². The summed E-state index contributed by atoms with van der Waals surface area (Å²) >= 11 is 0. The number of hydrogen-bond acceptors (Lipinski definition) is 4. The summed E-state index contributed by atoms with van der Waals surface area (Å²) in [5, 5.41) is 11.0. The number of fused-ring (bicyclic) bond motifs is 2. The molecule has 1 aromatic carbocycles. The van der Waals surface area contributed by atoms with E-state index in [1.54, 1.807) is 12.1 Å². The Kier molecular flexibility index (Phi) is 6.56. The van der Waals surface area contributed by atoms with Crippen LogP contribution in [0.15, 0.2) is 30.3 Å². The minimum absolute atomic E-state index is 0. The third-order valence-electron chi connectivity index (χ3n) is 4.94. The second-order valence-electron chi connectivity index (χ2n) is 6.48. The first-order valence-electron chi connectivity index (χ1n) is 8.53. The second-order valence-corrected chi connectivity index (χ2v) is 6.48. The van der Waals surface area contributed by atoms with Crippen LogP contribution in [0.5, 0.6) is 0 Å². The number of carbonyl (C=O) groups excluding carboxylic acids is 1. The molecule has 2 bridgehead atoms. The first-order valence-corrected chi connectivity index (χ1v) is 8.53. The van der Waals surface area contributed by atoms with E-state index in [1.807, 2.05) is 25.1 Å². The lowest BCUT2D eigenvalue weighted by Crippen LogP contribution is -2.55. The molecule has 1 aromatic rings. The van der Waals surface area contributed by atoms with Gasteiger partial charge in [-0.1, -0.05) is 31.2 Å². The van der Waals surface area contributed by atoms with Gasteiger partial charge in [0.1, 0.15) is 0 Å². The highest BCUT2D eigenvalue weighted by Crippen LogP contribution is 2.30. The van der Waals surface area contributed by atoms with Gasteiger partial charge in [0.2, 0.25) is 5.91 Å². The van der Waals surface area contributed by atoms with E-state index in [-0.39, 0.29) is 28.9 Å². The highest BCUT2D eigenvalue weighted by molar-refractivity contribution is 5.85. The van der Waals surface area contributed by atoms with Crippen LogP contribution in [-0.4, -0.2) is 52.3 Å². The Labute approximate surface area is 154 Å². The molecule has 6 nitrogen and oxygen atoms in total. The highest BCUT2D eigenvalue weighted by Gasteiger charge is 2.41. The fourth-order valence-corrected chi connectivity index (χ4v) is 3.85. The molecular weight excluding hydrogens is 342 g/mol. The van der Waals surface area contributed by atoms with Gasteiger partial charge in [-0.25, -0.2) is 0 Å². The minimum Gasteiger partial charge on any atom is -0.334 e.